The molecule has 1 amide bonds. The normalized spacial score (nSPS) is 10.9. The third-order valence-corrected chi connectivity index (χ3v) is 6.00. The minimum atomic E-state index is -0.297. The number of methoxy groups -OCH3 is 2. The van der Waals surface area contributed by atoms with E-state index in [0.29, 0.717) is 23.7 Å². The van der Waals surface area contributed by atoms with Crippen LogP contribution in [0, 0.1) is 12.7 Å². The number of nitrogens with one attached hydrogen (secondary N) is 1. The van der Waals surface area contributed by atoms with Crippen molar-refractivity contribution in [1.82, 2.24) is 19.9 Å². The van der Waals surface area contributed by atoms with E-state index in [4.69, 9.17) is 9.47 Å². The first-order chi connectivity index (χ1) is 16.0. The van der Waals surface area contributed by atoms with Crippen LogP contribution in [-0.2, 0) is 11.3 Å². The molecule has 1 N–H and O–H groups in total. The minimum Gasteiger partial charge on any atom is -0.493 e. The zero-order valence-corrected chi connectivity index (χ0v) is 19.3. The summed E-state index contributed by atoms with van der Waals surface area (Å²) in [4.78, 5) is 17.1. The molecule has 0 unspecified atom stereocenters. The summed E-state index contributed by atoms with van der Waals surface area (Å²) in [6.07, 6.45) is 1.70. The molecule has 0 fully saturated rings. The lowest BCUT2D eigenvalue weighted by atomic mass is 10.1. The van der Waals surface area contributed by atoms with E-state index in [1.807, 2.05) is 31.2 Å². The van der Waals surface area contributed by atoms with Gasteiger partial charge in [0.25, 0.3) is 0 Å². The second-order valence-electron chi connectivity index (χ2n) is 7.29. The first kappa shape index (κ1) is 22.6. The number of aromatic nitrogens is 3. The third kappa shape index (κ3) is 5.09. The number of fused-ring (bicyclic) bond motifs is 1. The lowest BCUT2D eigenvalue weighted by Gasteiger charge is -2.11. The fourth-order valence-corrected chi connectivity index (χ4v) is 4.26. The molecule has 9 heteroatoms. The smallest absolute Gasteiger partial charge is 0.230 e. The second-order valence-corrected chi connectivity index (χ2v) is 8.29. The van der Waals surface area contributed by atoms with Gasteiger partial charge in [-0.05, 0) is 48.4 Å². The topological polar surface area (TPSA) is 77.8 Å². The van der Waals surface area contributed by atoms with E-state index >= 15 is 0 Å². The molecular formula is C24H23FN4O3S. The Morgan fingerprint density at radius 2 is 1.85 bits per heavy atom. The Kier molecular flexibility index (Phi) is 6.79. The summed E-state index contributed by atoms with van der Waals surface area (Å²) >= 11 is 1.38. The maximum absolute atomic E-state index is 13.3. The van der Waals surface area contributed by atoms with E-state index in [2.05, 4.69) is 15.4 Å². The average Bonchev–Trinajstić information content (AvgIpc) is 3.25. The van der Waals surface area contributed by atoms with Crippen molar-refractivity contribution in [3.05, 3.63) is 71.8 Å². The van der Waals surface area contributed by atoms with Gasteiger partial charge in [-0.3, -0.25) is 4.79 Å². The molecule has 0 saturated carbocycles. The number of nitrogens with zero attached hydrogens (tertiary/aromatic N) is 3. The summed E-state index contributed by atoms with van der Waals surface area (Å²) in [5, 5.41) is 8.17. The molecule has 0 saturated heterocycles. The Morgan fingerprint density at radius 1 is 1.09 bits per heavy atom. The highest BCUT2D eigenvalue weighted by Crippen LogP contribution is 2.29. The SMILES string of the molecule is COc1ccc(CNC(=O)CSc2cc(C)nc3c(-c4ccc(F)cc4)cnn23)cc1OC. The number of hydrogen-bond acceptors (Lipinski definition) is 6. The van der Waals surface area contributed by atoms with Gasteiger partial charge in [0.2, 0.25) is 5.91 Å². The zero-order valence-electron chi connectivity index (χ0n) is 18.5. The van der Waals surface area contributed by atoms with Crippen LogP contribution in [0.4, 0.5) is 4.39 Å². The summed E-state index contributed by atoms with van der Waals surface area (Å²) in [6, 6.07) is 13.6. The molecule has 0 aliphatic heterocycles. The lowest BCUT2D eigenvalue weighted by Crippen LogP contribution is -2.24. The van der Waals surface area contributed by atoms with Gasteiger partial charge in [-0.2, -0.15) is 5.10 Å². The summed E-state index contributed by atoms with van der Waals surface area (Å²) in [6.45, 7) is 2.27. The summed E-state index contributed by atoms with van der Waals surface area (Å²) in [7, 11) is 3.15. The van der Waals surface area contributed by atoms with Crippen LogP contribution in [-0.4, -0.2) is 40.5 Å². The van der Waals surface area contributed by atoms with Gasteiger partial charge in [0.1, 0.15) is 10.8 Å². The standard InChI is InChI=1S/C24H23FN4O3S/c1-15-10-23(29-24(28-15)19(13-27-29)17-5-7-18(25)8-6-17)33-14-22(30)26-12-16-4-9-20(31-2)21(11-16)32-3/h4-11,13H,12,14H2,1-3H3,(H,26,30). The van der Waals surface area contributed by atoms with Crippen molar-refractivity contribution < 1.29 is 18.7 Å². The summed E-state index contributed by atoms with van der Waals surface area (Å²) in [5.41, 5.74) is 4.00. The number of benzene rings is 2. The Bertz CT molecular complexity index is 1290. The van der Waals surface area contributed by atoms with Gasteiger partial charge in [-0.25, -0.2) is 13.9 Å². The Balaban J connectivity index is 1.45. The zero-order chi connectivity index (χ0) is 23.4. The van der Waals surface area contributed by atoms with Crippen molar-refractivity contribution in [2.24, 2.45) is 0 Å². The number of amides is 1. The molecule has 2 heterocycles. The highest BCUT2D eigenvalue weighted by atomic mass is 32.2. The maximum atomic E-state index is 13.3. The maximum Gasteiger partial charge on any atom is 0.230 e. The molecular weight excluding hydrogens is 443 g/mol. The monoisotopic (exact) mass is 466 g/mol. The predicted molar refractivity (Wildman–Crippen MR) is 125 cm³/mol. The number of ether oxygens (including phenoxy) is 2. The predicted octanol–water partition coefficient (Wildman–Crippen LogP) is 4.27. The molecule has 4 rings (SSSR count). The van der Waals surface area contributed by atoms with Gasteiger partial charge in [0.15, 0.2) is 17.1 Å². The van der Waals surface area contributed by atoms with Gasteiger partial charge in [-0.15, -0.1) is 0 Å². The highest BCUT2D eigenvalue weighted by Gasteiger charge is 2.14. The van der Waals surface area contributed by atoms with E-state index < -0.39 is 0 Å². The van der Waals surface area contributed by atoms with E-state index in [9.17, 15) is 9.18 Å². The second kappa shape index (κ2) is 9.91. The number of carbonyl (C=O) groups excluding carboxylic acids is 1. The molecule has 33 heavy (non-hydrogen) atoms. The van der Waals surface area contributed by atoms with Crippen LogP contribution in [0.15, 0.2) is 59.8 Å². The largest absolute Gasteiger partial charge is 0.493 e. The van der Waals surface area contributed by atoms with Gasteiger partial charge in [0.05, 0.1) is 26.2 Å². The summed E-state index contributed by atoms with van der Waals surface area (Å²) in [5.74, 6) is 1.07. The van der Waals surface area contributed by atoms with E-state index in [-0.39, 0.29) is 17.5 Å². The number of hydrogen-bond donors (Lipinski definition) is 1. The number of carbonyl (C=O) groups is 1. The molecule has 0 radical (unpaired) electrons. The van der Waals surface area contributed by atoms with Crippen molar-refractivity contribution in [2.75, 3.05) is 20.0 Å². The van der Waals surface area contributed by atoms with Crippen molar-refractivity contribution in [2.45, 2.75) is 18.5 Å². The van der Waals surface area contributed by atoms with E-state index in [1.165, 1.54) is 23.9 Å². The molecule has 0 bridgehead atoms. The first-order valence-corrected chi connectivity index (χ1v) is 11.2. The quantitative estimate of drug-likeness (QED) is 0.309. The Hall–Kier alpha value is -3.59. The van der Waals surface area contributed by atoms with Crippen molar-refractivity contribution in [3.63, 3.8) is 0 Å². The first-order valence-electron chi connectivity index (χ1n) is 10.2. The van der Waals surface area contributed by atoms with Crippen LogP contribution in [0.25, 0.3) is 16.8 Å². The van der Waals surface area contributed by atoms with Crippen LogP contribution in [0.5, 0.6) is 11.5 Å². The van der Waals surface area contributed by atoms with E-state index in [1.54, 1.807) is 37.1 Å². The Morgan fingerprint density at radius 3 is 2.58 bits per heavy atom. The third-order valence-electron chi connectivity index (χ3n) is 5.01. The number of aryl methyl sites for hydroxylation is 1. The van der Waals surface area contributed by atoms with Gasteiger partial charge >= 0.3 is 0 Å². The molecule has 2 aromatic carbocycles. The van der Waals surface area contributed by atoms with Gasteiger partial charge in [-0.1, -0.05) is 30.0 Å². The van der Waals surface area contributed by atoms with Gasteiger partial charge in [0, 0.05) is 17.8 Å². The number of thioether (sulfide) groups is 1. The van der Waals surface area contributed by atoms with Crippen LogP contribution < -0.4 is 14.8 Å². The molecule has 0 atom stereocenters. The highest BCUT2D eigenvalue weighted by molar-refractivity contribution is 7.99. The lowest BCUT2D eigenvalue weighted by molar-refractivity contribution is -0.118. The molecule has 0 aliphatic rings. The molecule has 4 aromatic rings. The van der Waals surface area contributed by atoms with Crippen molar-refractivity contribution >= 4 is 23.3 Å². The fraction of sp³-hybridized carbons (Fsp3) is 0.208. The van der Waals surface area contributed by atoms with Crippen LogP contribution >= 0.6 is 11.8 Å². The van der Waals surface area contributed by atoms with E-state index in [0.717, 1.165) is 27.4 Å². The van der Waals surface area contributed by atoms with Crippen LogP contribution in [0.3, 0.4) is 0 Å². The molecule has 170 valence electrons. The Labute approximate surface area is 194 Å². The van der Waals surface area contributed by atoms with Gasteiger partial charge < -0.3 is 14.8 Å². The average molecular weight is 467 g/mol. The number of halogens is 1. The molecule has 0 spiro atoms. The molecule has 2 aromatic heterocycles. The minimum absolute atomic E-state index is 0.108. The number of rotatable bonds is 8. The van der Waals surface area contributed by atoms with Crippen molar-refractivity contribution in [3.8, 4) is 22.6 Å². The van der Waals surface area contributed by atoms with Crippen LogP contribution in [0.1, 0.15) is 11.3 Å². The fourth-order valence-electron chi connectivity index (χ4n) is 3.37. The van der Waals surface area contributed by atoms with Crippen LogP contribution in [0.2, 0.25) is 0 Å². The molecule has 7 nitrogen and oxygen atoms in total. The molecule has 0 aliphatic carbocycles. The summed E-state index contributed by atoms with van der Waals surface area (Å²) < 4.78 is 25.5. The van der Waals surface area contributed by atoms with Crippen molar-refractivity contribution in [1.29, 1.82) is 0 Å².